The van der Waals surface area contributed by atoms with Crippen molar-refractivity contribution in [1.29, 1.82) is 0 Å². The number of carbonyl (C=O) groups excluding carboxylic acids is 2. The van der Waals surface area contributed by atoms with Crippen LogP contribution in [0.25, 0.3) is 10.9 Å². The molecule has 0 fully saturated rings. The van der Waals surface area contributed by atoms with Crippen LogP contribution in [0.15, 0.2) is 18.2 Å². The maximum atomic E-state index is 11.6. The van der Waals surface area contributed by atoms with Gasteiger partial charge in [-0.2, -0.15) is 0 Å². The first kappa shape index (κ1) is 12.9. The first-order valence-electron chi connectivity index (χ1n) is 5.75. The Kier molecular flexibility index (Phi) is 3.41. The summed E-state index contributed by atoms with van der Waals surface area (Å²) in [7, 11) is 1.29. The smallest absolute Gasteiger partial charge is 0.342 e. The van der Waals surface area contributed by atoms with E-state index in [9.17, 15) is 9.59 Å². The second kappa shape index (κ2) is 5.01. The van der Waals surface area contributed by atoms with Crippen LogP contribution >= 0.6 is 0 Å². The van der Waals surface area contributed by atoms with E-state index >= 15 is 0 Å². The number of esters is 2. The first-order valence-corrected chi connectivity index (χ1v) is 5.75. The summed E-state index contributed by atoms with van der Waals surface area (Å²) in [5, 5.41) is 0.609. The summed E-state index contributed by atoms with van der Waals surface area (Å²) in [6.07, 6.45) is 0. The van der Waals surface area contributed by atoms with Gasteiger partial charge in [-0.25, -0.2) is 9.59 Å². The van der Waals surface area contributed by atoms with Crippen molar-refractivity contribution in [3.8, 4) is 0 Å². The van der Waals surface area contributed by atoms with Crippen molar-refractivity contribution < 1.29 is 19.1 Å². The van der Waals surface area contributed by atoms with Gasteiger partial charge < -0.3 is 20.2 Å². The van der Waals surface area contributed by atoms with E-state index in [2.05, 4.69) is 9.72 Å². The highest BCUT2D eigenvalue weighted by Gasteiger charge is 2.18. The van der Waals surface area contributed by atoms with Crippen molar-refractivity contribution >= 4 is 28.7 Å². The van der Waals surface area contributed by atoms with E-state index < -0.39 is 11.9 Å². The molecule has 3 N–H and O–H groups in total. The Morgan fingerprint density at radius 2 is 2.05 bits per heavy atom. The Morgan fingerprint density at radius 1 is 1.32 bits per heavy atom. The van der Waals surface area contributed by atoms with Crippen LogP contribution in [0, 0.1) is 0 Å². The Morgan fingerprint density at radius 3 is 2.68 bits per heavy atom. The predicted molar refractivity (Wildman–Crippen MR) is 70.0 cm³/mol. The molecule has 6 heteroatoms. The number of rotatable bonds is 3. The number of hydrogen-bond donors (Lipinski definition) is 2. The van der Waals surface area contributed by atoms with Gasteiger partial charge in [0.05, 0.1) is 19.3 Å². The zero-order valence-corrected chi connectivity index (χ0v) is 10.6. The SMILES string of the molecule is CCOC(=O)c1ccc2c(C(=O)OC)c(N)[nH]c2c1. The van der Waals surface area contributed by atoms with Crippen molar-refractivity contribution in [2.24, 2.45) is 0 Å². The van der Waals surface area contributed by atoms with Gasteiger partial charge in [-0.3, -0.25) is 0 Å². The van der Waals surface area contributed by atoms with Crippen molar-refractivity contribution in [3.05, 3.63) is 29.3 Å². The van der Waals surface area contributed by atoms with Crippen LogP contribution in [-0.4, -0.2) is 30.6 Å². The molecule has 6 nitrogen and oxygen atoms in total. The molecule has 100 valence electrons. The van der Waals surface area contributed by atoms with Crippen molar-refractivity contribution in [2.75, 3.05) is 19.5 Å². The molecule has 0 saturated carbocycles. The molecule has 0 radical (unpaired) electrons. The number of aromatic amines is 1. The van der Waals surface area contributed by atoms with Crippen LogP contribution < -0.4 is 5.73 Å². The average Bonchev–Trinajstić information content (AvgIpc) is 2.73. The van der Waals surface area contributed by atoms with Crippen LogP contribution in [0.2, 0.25) is 0 Å². The lowest BCUT2D eigenvalue weighted by Gasteiger charge is -2.02. The first-order chi connectivity index (χ1) is 9.08. The maximum Gasteiger partial charge on any atom is 0.342 e. The molecule has 1 aromatic carbocycles. The number of aromatic nitrogens is 1. The quantitative estimate of drug-likeness (QED) is 0.821. The lowest BCUT2D eigenvalue weighted by molar-refractivity contribution is 0.0525. The van der Waals surface area contributed by atoms with E-state index in [4.69, 9.17) is 10.5 Å². The molecule has 2 aromatic rings. The van der Waals surface area contributed by atoms with Crippen LogP contribution in [0.4, 0.5) is 5.82 Å². The maximum absolute atomic E-state index is 11.6. The average molecular weight is 262 g/mol. The second-order valence-electron chi connectivity index (χ2n) is 3.89. The zero-order valence-electron chi connectivity index (χ0n) is 10.6. The molecule has 0 atom stereocenters. The third-order valence-electron chi connectivity index (χ3n) is 2.73. The number of anilines is 1. The molecule has 0 aliphatic carbocycles. The predicted octanol–water partition coefficient (Wildman–Crippen LogP) is 1.71. The van der Waals surface area contributed by atoms with E-state index in [1.54, 1.807) is 25.1 Å². The summed E-state index contributed by atoms with van der Waals surface area (Å²) in [4.78, 5) is 26.1. The van der Waals surface area contributed by atoms with Crippen molar-refractivity contribution in [2.45, 2.75) is 6.92 Å². The van der Waals surface area contributed by atoms with E-state index in [1.165, 1.54) is 7.11 Å². The van der Waals surface area contributed by atoms with Crippen LogP contribution in [0.5, 0.6) is 0 Å². The Hall–Kier alpha value is -2.50. The molecule has 0 spiro atoms. The lowest BCUT2D eigenvalue weighted by Crippen LogP contribution is -2.05. The topological polar surface area (TPSA) is 94.4 Å². The minimum absolute atomic E-state index is 0.211. The summed E-state index contributed by atoms with van der Waals surface area (Å²) in [5.41, 5.74) is 7.00. The van der Waals surface area contributed by atoms with Gasteiger partial charge in [0.25, 0.3) is 0 Å². The van der Waals surface area contributed by atoms with Gasteiger partial charge in [-0.05, 0) is 19.1 Å². The Bertz CT molecular complexity index is 645. The molecule has 19 heavy (non-hydrogen) atoms. The third-order valence-corrected chi connectivity index (χ3v) is 2.73. The molecule has 2 rings (SSSR count). The normalized spacial score (nSPS) is 10.4. The van der Waals surface area contributed by atoms with E-state index in [0.29, 0.717) is 23.1 Å². The van der Waals surface area contributed by atoms with Crippen LogP contribution in [-0.2, 0) is 9.47 Å². The number of benzene rings is 1. The Labute approximate surface area is 109 Å². The van der Waals surface area contributed by atoms with Gasteiger partial charge in [0, 0.05) is 10.9 Å². The van der Waals surface area contributed by atoms with E-state index in [-0.39, 0.29) is 11.4 Å². The minimum atomic E-state index is -0.521. The molecule has 0 aliphatic heterocycles. The Balaban J connectivity index is 2.52. The fraction of sp³-hybridized carbons (Fsp3) is 0.231. The molecule has 0 bridgehead atoms. The largest absolute Gasteiger partial charge is 0.465 e. The highest BCUT2D eigenvalue weighted by atomic mass is 16.5. The molecule has 0 aliphatic rings. The number of ether oxygens (including phenoxy) is 2. The number of hydrogen-bond acceptors (Lipinski definition) is 5. The number of fused-ring (bicyclic) bond motifs is 1. The van der Waals surface area contributed by atoms with Gasteiger partial charge in [-0.1, -0.05) is 6.07 Å². The van der Waals surface area contributed by atoms with Gasteiger partial charge in [0.15, 0.2) is 0 Å². The minimum Gasteiger partial charge on any atom is -0.465 e. The van der Waals surface area contributed by atoms with Crippen molar-refractivity contribution in [3.63, 3.8) is 0 Å². The molecule has 1 aromatic heterocycles. The molecule has 0 amide bonds. The molecule has 0 saturated heterocycles. The summed E-state index contributed by atoms with van der Waals surface area (Å²) >= 11 is 0. The summed E-state index contributed by atoms with van der Waals surface area (Å²) in [6.45, 7) is 2.04. The third kappa shape index (κ3) is 2.24. The van der Waals surface area contributed by atoms with Crippen LogP contribution in [0.1, 0.15) is 27.6 Å². The number of nitrogens with two attached hydrogens (primary N) is 1. The monoisotopic (exact) mass is 262 g/mol. The van der Waals surface area contributed by atoms with E-state index in [1.807, 2.05) is 0 Å². The summed E-state index contributed by atoms with van der Waals surface area (Å²) in [6, 6.07) is 4.82. The number of methoxy groups -OCH3 is 1. The van der Waals surface area contributed by atoms with Gasteiger partial charge in [0.2, 0.25) is 0 Å². The number of nitrogen functional groups attached to an aromatic ring is 1. The lowest BCUT2D eigenvalue weighted by atomic mass is 10.1. The molecular weight excluding hydrogens is 248 g/mol. The standard InChI is InChI=1S/C13H14N2O4/c1-3-19-12(16)7-4-5-8-9(6-7)15-11(14)10(8)13(17)18-2/h4-6,15H,3,14H2,1-2H3. The summed E-state index contributed by atoms with van der Waals surface area (Å²) in [5.74, 6) is -0.729. The van der Waals surface area contributed by atoms with E-state index in [0.717, 1.165) is 0 Å². The fourth-order valence-corrected chi connectivity index (χ4v) is 1.88. The number of carbonyl (C=O) groups is 2. The number of nitrogens with one attached hydrogen (secondary N) is 1. The van der Waals surface area contributed by atoms with Gasteiger partial charge in [0.1, 0.15) is 11.4 Å². The fourth-order valence-electron chi connectivity index (χ4n) is 1.88. The molecular formula is C13H14N2O4. The van der Waals surface area contributed by atoms with Gasteiger partial charge in [-0.15, -0.1) is 0 Å². The summed E-state index contributed by atoms with van der Waals surface area (Å²) < 4.78 is 9.58. The highest BCUT2D eigenvalue weighted by Crippen LogP contribution is 2.26. The zero-order chi connectivity index (χ0) is 14.0. The second-order valence-corrected chi connectivity index (χ2v) is 3.89. The molecule has 0 unspecified atom stereocenters. The molecule has 1 heterocycles. The van der Waals surface area contributed by atoms with Gasteiger partial charge >= 0.3 is 11.9 Å². The van der Waals surface area contributed by atoms with Crippen molar-refractivity contribution in [1.82, 2.24) is 4.98 Å². The highest BCUT2D eigenvalue weighted by molar-refractivity contribution is 6.10. The van der Waals surface area contributed by atoms with Crippen LogP contribution in [0.3, 0.4) is 0 Å². The number of H-pyrrole nitrogens is 1.